The predicted octanol–water partition coefficient (Wildman–Crippen LogP) is 5.85. The summed E-state index contributed by atoms with van der Waals surface area (Å²) in [6.07, 6.45) is 6.93. The van der Waals surface area contributed by atoms with Crippen LogP contribution in [-0.2, 0) is 16.0 Å². The minimum absolute atomic E-state index is 0.0221. The van der Waals surface area contributed by atoms with Crippen LogP contribution in [0.4, 0.5) is 10.5 Å². The van der Waals surface area contributed by atoms with E-state index in [1.54, 1.807) is 12.1 Å². The Morgan fingerprint density at radius 1 is 0.935 bits per heavy atom. The van der Waals surface area contributed by atoms with E-state index in [0.717, 1.165) is 44.5 Å². The molecule has 1 heterocycles. The number of benzene rings is 2. The van der Waals surface area contributed by atoms with E-state index in [1.165, 1.54) is 24.2 Å². The zero-order valence-corrected chi connectivity index (χ0v) is 18.1. The standard InChI is InChI=1S/C25H33NO5/c27-25(28)26(20-21-11-6-5-7-12-21)22-13-10-14-23(19-22)29-16-9-4-2-1-3-8-15-24-30-17-18-31-24/h5-7,10-14,19,24H,1-4,8-9,15-18,20H2,(H,27,28). The molecule has 0 spiro atoms. The first-order chi connectivity index (χ1) is 15.2. The van der Waals surface area contributed by atoms with E-state index in [9.17, 15) is 9.90 Å². The fraction of sp³-hybridized carbons (Fsp3) is 0.480. The summed E-state index contributed by atoms with van der Waals surface area (Å²) in [6.45, 7) is 2.40. The molecule has 2 aromatic carbocycles. The molecule has 1 fully saturated rings. The SMILES string of the molecule is O=C(O)N(Cc1ccccc1)c1cccc(OCCCCCCCCC2OCCO2)c1. The highest BCUT2D eigenvalue weighted by Gasteiger charge is 2.16. The van der Waals surface area contributed by atoms with Crippen LogP contribution in [0.2, 0.25) is 0 Å². The monoisotopic (exact) mass is 427 g/mol. The molecule has 31 heavy (non-hydrogen) atoms. The lowest BCUT2D eigenvalue weighted by Crippen LogP contribution is -2.28. The summed E-state index contributed by atoms with van der Waals surface area (Å²) in [5.41, 5.74) is 1.56. The van der Waals surface area contributed by atoms with Crippen LogP contribution in [0.15, 0.2) is 54.6 Å². The lowest BCUT2D eigenvalue weighted by Gasteiger charge is -2.20. The van der Waals surface area contributed by atoms with Crippen LogP contribution in [-0.4, -0.2) is 37.3 Å². The van der Waals surface area contributed by atoms with Gasteiger partial charge in [-0.25, -0.2) is 4.79 Å². The van der Waals surface area contributed by atoms with Crippen LogP contribution in [0.3, 0.4) is 0 Å². The molecular formula is C25H33NO5. The molecular weight excluding hydrogens is 394 g/mol. The van der Waals surface area contributed by atoms with Crippen molar-refractivity contribution in [2.75, 3.05) is 24.7 Å². The fourth-order valence-corrected chi connectivity index (χ4v) is 3.66. The van der Waals surface area contributed by atoms with Crippen molar-refractivity contribution in [1.29, 1.82) is 0 Å². The number of ether oxygens (including phenoxy) is 3. The zero-order valence-electron chi connectivity index (χ0n) is 18.1. The molecule has 0 atom stereocenters. The first-order valence-electron chi connectivity index (χ1n) is 11.2. The van der Waals surface area contributed by atoms with Gasteiger partial charge < -0.3 is 19.3 Å². The Morgan fingerprint density at radius 3 is 2.39 bits per heavy atom. The van der Waals surface area contributed by atoms with Gasteiger partial charge in [-0.1, -0.05) is 62.1 Å². The van der Waals surface area contributed by atoms with Gasteiger partial charge in [0.05, 0.1) is 32.1 Å². The van der Waals surface area contributed by atoms with Crippen molar-refractivity contribution < 1.29 is 24.1 Å². The maximum atomic E-state index is 11.8. The largest absolute Gasteiger partial charge is 0.494 e. The van der Waals surface area contributed by atoms with Gasteiger partial charge in [-0.15, -0.1) is 0 Å². The maximum absolute atomic E-state index is 11.8. The Bertz CT molecular complexity index is 776. The van der Waals surface area contributed by atoms with Gasteiger partial charge in [0.1, 0.15) is 5.75 Å². The second-order valence-electron chi connectivity index (χ2n) is 7.78. The number of nitrogens with zero attached hydrogens (tertiary/aromatic N) is 1. The Kier molecular flexibility index (Phi) is 9.67. The summed E-state index contributed by atoms with van der Waals surface area (Å²) < 4.78 is 16.8. The van der Waals surface area contributed by atoms with Crippen molar-refractivity contribution in [1.82, 2.24) is 0 Å². The van der Waals surface area contributed by atoms with E-state index in [-0.39, 0.29) is 6.29 Å². The Balaban J connectivity index is 1.34. The van der Waals surface area contributed by atoms with Crippen LogP contribution in [0.25, 0.3) is 0 Å². The number of hydrogen-bond acceptors (Lipinski definition) is 4. The molecule has 0 unspecified atom stereocenters. The number of carbonyl (C=O) groups is 1. The third-order valence-electron chi connectivity index (χ3n) is 5.34. The van der Waals surface area contributed by atoms with Crippen LogP contribution in [0.5, 0.6) is 5.75 Å². The average molecular weight is 428 g/mol. The molecule has 0 bridgehead atoms. The third kappa shape index (κ3) is 8.23. The minimum Gasteiger partial charge on any atom is -0.494 e. The van der Waals surface area contributed by atoms with Crippen LogP contribution in [0.1, 0.15) is 50.5 Å². The molecule has 1 saturated heterocycles. The summed E-state index contributed by atoms with van der Waals surface area (Å²) in [5.74, 6) is 0.702. The summed E-state index contributed by atoms with van der Waals surface area (Å²) >= 11 is 0. The molecule has 1 aliphatic heterocycles. The lowest BCUT2D eigenvalue weighted by atomic mass is 10.1. The van der Waals surface area contributed by atoms with Gasteiger partial charge in [0.25, 0.3) is 0 Å². The molecule has 168 valence electrons. The van der Waals surface area contributed by atoms with Crippen LogP contribution in [0, 0.1) is 0 Å². The maximum Gasteiger partial charge on any atom is 0.412 e. The fourth-order valence-electron chi connectivity index (χ4n) is 3.66. The first-order valence-corrected chi connectivity index (χ1v) is 11.2. The normalized spacial score (nSPS) is 13.9. The molecule has 0 saturated carbocycles. The summed E-state index contributed by atoms with van der Waals surface area (Å²) in [7, 11) is 0. The second kappa shape index (κ2) is 13.0. The first kappa shape index (κ1) is 23.1. The highest BCUT2D eigenvalue weighted by atomic mass is 16.7. The lowest BCUT2D eigenvalue weighted by molar-refractivity contribution is -0.0480. The van der Waals surface area contributed by atoms with Crippen molar-refractivity contribution in [2.24, 2.45) is 0 Å². The summed E-state index contributed by atoms with van der Waals surface area (Å²) in [5, 5.41) is 9.65. The zero-order chi connectivity index (χ0) is 21.7. The molecule has 0 aromatic heterocycles. The van der Waals surface area contributed by atoms with Gasteiger partial charge in [-0.3, -0.25) is 4.90 Å². The summed E-state index contributed by atoms with van der Waals surface area (Å²) in [4.78, 5) is 13.1. The molecule has 6 nitrogen and oxygen atoms in total. The molecule has 0 aliphatic carbocycles. The van der Waals surface area contributed by atoms with Crippen molar-refractivity contribution >= 4 is 11.8 Å². The van der Waals surface area contributed by atoms with Crippen molar-refractivity contribution in [3.63, 3.8) is 0 Å². The van der Waals surface area contributed by atoms with Crippen LogP contribution < -0.4 is 9.64 Å². The van der Waals surface area contributed by atoms with Gasteiger partial charge in [0.15, 0.2) is 6.29 Å². The number of hydrogen-bond donors (Lipinski definition) is 1. The predicted molar refractivity (Wildman–Crippen MR) is 121 cm³/mol. The smallest absolute Gasteiger partial charge is 0.412 e. The average Bonchev–Trinajstić information content (AvgIpc) is 3.30. The molecule has 1 N–H and O–H groups in total. The summed E-state index contributed by atoms with van der Waals surface area (Å²) in [6, 6.07) is 16.9. The van der Waals surface area contributed by atoms with E-state index in [0.29, 0.717) is 24.6 Å². The molecule has 2 aromatic rings. The van der Waals surface area contributed by atoms with Crippen molar-refractivity contribution in [2.45, 2.75) is 57.8 Å². The molecule has 0 radical (unpaired) electrons. The van der Waals surface area contributed by atoms with Gasteiger partial charge in [-0.05, 0) is 37.0 Å². The number of rotatable bonds is 13. The van der Waals surface area contributed by atoms with Gasteiger partial charge in [0, 0.05) is 6.07 Å². The Labute approximate surface area is 184 Å². The van der Waals surface area contributed by atoms with E-state index in [1.807, 2.05) is 42.5 Å². The van der Waals surface area contributed by atoms with Gasteiger partial charge in [0.2, 0.25) is 0 Å². The number of amides is 1. The molecule has 1 amide bonds. The highest BCUT2D eigenvalue weighted by Crippen LogP contribution is 2.23. The van der Waals surface area contributed by atoms with Gasteiger partial charge in [-0.2, -0.15) is 0 Å². The Hall–Kier alpha value is -2.57. The minimum atomic E-state index is -0.980. The quantitative estimate of drug-likeness (QED) is 0.406. The number of unbranched alkanes of at least 4 members (excludes halogenated alkanes) is 5. The molecule has 1 aliphatic rings. The van der Waals surface area contributed by atoms with Crippen molar-refractivity contribution in [3.05, 3.63) is 60.2 Å². The van der Waals surface area contributed by atoms with E-state index < -0.39 is 6.09 Å². The Morgan fingerprint density at radius 2 is 1.65 bits per heavy atom. The number of anilines is 1. The number of carboxylic acid groups (broad SMARTS) is 1. The highest BCUT2D eigenvalue weighted by molar-refractivity contribution is 5.86. The van der Waals surface area contributed by atoms with Crippen LogP contribution >= 0.6 is 0 Å². The second-order valence-corrected chi connectivity index (χ2v) is 7.78. The van der Waals surface area contributed by atoms with E-state index >= 15 is 0 Å². The van der Waals surface area contributed by atoms with E-state index in [2.05, 4.69) is 0 Å². The molecule has 3 rings (SSSR count). The van der Waals surface area contributed by atoms with E-state index in [4.69, 9.17) is 14.2 Å². The van der Waals surface area contributed by atoms with Gasteiger partial charge >= 0.3 is 6.09 Å². The molecule has 6 heteroatoms. The van der Waals surface area contributed by atoms with Crippen molar-refractivity contribution in [3.8, 4) is 5.75 Å². The topological polar surface area (TPSA) is 68.2 Å². The third-order valence-corrected chi connectivity index (χ3v) is 5.34.